The van der Waals surface area contributed by atoms with E-state index in [1.165, 1.54) is 18.3 Å². The highest BCUT2D eigenvalue weighted by Gasteiger charge is 2.09. The molecule has 7 heteroatoms. The second kappa shape index (κ2) is 5.04. The highest BCUT2D eigenvalue weighted by Crippen LogP contribution is 2.07. The van der Waals surface area contributed by atoms with Crippen LogP contribution in [0.4, 0.5) is 0 Å². The van der Waals surface area contributed by atoms with Crippen molar-refractivity contribution in [2.45, 2.75) is 12.7 Å². The molecule has 16 heavy (non-hydrogen) atoms. The van der Waals surface area contributed by atoms with E-state index in [-0.39, 0.29) is 17.9 Å². The number of ether oxygens (including phenoxy) is 1. The molecule has 0 bridgehead atoms. The second-order valence-corrected chi connectivity index (χ2v) is 4.38. The lowest BCUT2D eigenvalue weighted by Gasteiger charge is -2.07. The third-order valence-corrected chi connectivity index (χ3v) is 2.34. The summed E-state index contributed by atoms with van der Waals surface area (Å²) in [6.45, 7) is 1.84. The van der Waals surface area contributed by atoms with Gasteiger partial charge in [-0.1, -0.05) is 0 Å². The van der Waals surface area contributed by atoms with Gasteiger partial charge in [-0.2, -0.15) is 0 Å². The maximum atomic E-state index is 11.3. The molecule has 0 radical (unpaired) electrons. The fraction of sp³-hybridized carbons (Fsp3) is 0.333. The van der Waals surface area contributed by atoms with Crippen molar-refractivity contribution in [1.82, 2.24) is 4.98 Å². The summed E-state index contributed by atoms with van der Waals surface area (Å²) < 4.78 is 36.2. The quantitative estimate of drug-likeness (QED) is 0.558. The van der Waals surface area contributed by atoms with Crippen molar-refractivity contribution in [3.63, 3.8) is 0 Å². The molecule has 0 amide bonds. The maximum Gasteiger partial charge on any atom is 0.356 e. The van der Waals surface area contributed by atoms with Crippen LogP contribution in [0.1, 0.15) is 23.0 Å². The summed E-state index contributed by atoms with van der Waals surface area (Å²) in [6.07, 6.45) is 1.26. The Kier molecular flexibility index (Phi) is 3.97. The molecule has 1 aromatic rings. The van der Waals surface area contributed by atoms with Crippen LogP contribution in [-0.2, 0) is 20.6 Å². The predicted octanol–water partition coefficient (Wildman–Crippen LogP) is 0.304. The lowest BCUT2D eigenvalue weighted by molar-refractivity contribution is 0.0519. The molecule has 0 aliphatic rings. The van der Waals surface area contributed by atoms with Crippen LogP contribution in [0.2, 0.25) is 0 Å². The third-order valence-electron chi connectivity index (χ3n) is 1.65. The van der Waals surface area contributed by atoms with Crippen molar-refractivity contribution >= 4 is 16.1 Å². The lowest BCUT2D eigenvalue weighted by Crippen LogP contribution is -2.09. The van der Waals surface area contributed by atoms with Crippen molar-refractivity contribution in [2.75, 3.05) is 6.61 Å². The number of rotatable bonds is 4. The summed E-state index contributed by atoms with van der Waals surface area (Å²) in [5.74, 6) is -1.31. The van der Waals surface area contributed by atoms with E-state index in [2.05, 4.69) is 9.72 Å². The summed E-state index contributed by atoms with van der Waals surface area (Å²) in [5.41, 5.74) is 0.205. The minimum Gasteiger partial charge on any atom is -0.748 e. The predicted molar refractivity (Wildman–Crippen MR) is 53.6 cm³/mol. The smallest absolute Gasteiger partial charge is 0.356 e. The molecule has 0 fully saturated rings. The van der Waals surface area contributed by atoms with Crippen LogP contribution >= 0.6 is 0 Å². The van der Waals surface area contributed by atoms with Crippen molar-refractivity contribution in [3.8, 4) is 0 Å². The molecular formula is C9H10NO5S-. The molecule has 0 saturated heterocycles. The topological polar surface area (TPSA) is 96.4 Å². The van der Waals surface area contributed by atoms with Crippen LogP contribution in [0.15, 0.2) is 18.3 Å². The normalized spacial score (nSPS) is 11.1. The molecule has 0 spiro atoms. The number of nitrogens with zero attached hydrogens (tertiary/aromatic N) is 1. The molecule has 0 N–H and O–H groups in total. The number of aromatic nitrogens is 1. The minimum atomic E-state index is -4.36. The highest BCUT2D eigenvalue weighted by molar-refractivity contribution is 7.84. The van der Waals surface area contributed by atoms with Crippen LogP contribution < -0.4 is 0 Å². The Morgan fingerprint density at radius 2 is 2.25 bits per heavy atom. The zero-order valence-corrected chi connectivity index (χ0v) is 9.36. The minimum absolute atomic E-state index is 0.0111. The monoisotopic (exact) mass is 244 g/mol. The standard InChI is InChI=1S/C9H11NO5S/c1-2-15-9(11)8-5-7(3-4-10-8)6-16(12,13)14/h3-5H,2,6H2,1H3,(H,12,13,14)/p-1. The number of pyridine rings is 1. The van der Waals surface area contributed by atoms with Gasteiger partial charge in [-0.3, -0.25) is 0 Å². The fourth-order valence-corrected chi connectivity index (χ4v) is 1.67. The Balaban J connectivity index is 2.91. The molecule has 6 nitrogen and oxygen atoms in total. The summed E-state index contributed by atoms with van der Waals surface area (Å²) in [4.78, 5) is 15.0. The van der Waals surface area contributed by atoms with E-state index in [1.807, 2.05) is 0 Å². The molecule has 88 valence electrons. The Morgan fingerprint density at radius 3 is 2.81 bits per heavy atom. The van der Waals surface area contributed by atoms with Gasteiger partial charge in [0.2, 0.25) is 0 Å². The molecule has 1 aromatic heterocycles. The van der Waals surface area contributed by atoms with Crippen LogP contribution in [0.25, 0.3) is 0 Å². The van der Waals surface area contributed by atoms with E-state index in [4.69, 9.17) is 0 Å². The van der Waals surface area contributed by atoms with E-state index in [0.29, 0.717) is 0 Å². The summed E-state index contributed by atoms with van der Waals surface area (Å²) >= 11 is 0. The molecule has 1 heterocycles. The molecule has 0 aromatic carbocycles. The fourth-order valence-electron chi connectivity index (χ4n) is 1.08. The van der Waals surface area contributed by atoms with Crippen molar-refractivity contribution in [2.24, 2.45) is 0 Å². The average Bonchev–Trinajstić information content (AvgIpc) is 2.16. The van der Waals surface area contributed by atoms with E-state index in [9.17, 15) is 17.8 Å². The molecule has 0 atom stereocenters. The van der Waals surface area contributed by atoms with Gasteiger partial charge in [-0.15, -0.1) is 0 Å². The van der Waals surface area contributed by atoms with E-state index in [0.717, 1.165) is 0 Å². The van der Waals surface area contributed by atoms with Crippen molar-refractivity contribution < 1.29 is 22.5 Å². The molecule has 0 saturated carbocycles. The van der Waals surface area contributed by atoms with Gasteiger partial charge in [-0.05, 0) is 24.6 Å². The molecular weight excluding hydrogens is 234 g/mol. The average molecular weight is 244 g/mol. The van der Waals surface area contributed by atoms with Crippen LogP contribution in [0, 0.1) is 0 Å². The summed E-state index contributed by atoms with van der Waals surface area (Å²) in [5, 5.41) is 0. The van der Waals surface area contributed by atoms with Crippen molar-refractivity contribution in [1.29, 1.82) is 0 Å². The summed E-state index contributed by atoms with van der Waals surface area (Å²) in [7, 11) is -4.36. The lowest BCUT2D eigenvalue weighted by atomic mass is 10.2. The number of carbonyl (C=O) groups excluding carboxylic acids is 1. The first kappa shape index (κ1) is 12.6. The molecule has 0 aliphatic carbocycles. The van der Waals surface area contributed by atoms with Gasteiger partial charge in [0.25, 0.3) is 0 Å². The number of esters is 1. The van der Waals surface area contributed by atoms with Gasteiger partial charge in [0, 0.05) is 6.20 Å². The van der Waals surface area contributed by atoms with E-state index < -0.39 is 21.8 Å². The SMILES string of the molecule is CCOC(=O)c1cc(CS(=O)(=O)[O-])ccn1. The maximum absolute atomic E-state index is 11.3. The van der Waals surface area contributed by atoms with Gasteiger partial charge in [0.05, 0.1) is 22.5 Å². The second-order valence-electron chi connectivity index (χ2n) is 2.97. The van der Waals surface area contributed by atoms with E-state index in [1.54, 1.807) is 6.92 Å². The van der Waals surface area contributed by atoms with Crippen LogP contribution in [-0.4, -0.2) is 30.5 Å². The van der Waals surface area contributed by atoms with Gasteiger partial charge in [-0.25, -0.2) is 18.2 Å². The Morgan fingerprint density at radius 1 is 1.56 bits per heavy atom. The number of hydrogen-bond acceptors (Lipinski definition) is 6. The van der Waals surface area contributed by atoms with Gasteiger partial charge >= 0.3 is 5.97 Å². The number of carbonyl (C=O) groups is 1. The van der Waals surface area contributed by atoms with Crippen molar-refractivity contribution in [3.05, 3.63) is 29.6 Å². The Labute approximate surface area is 93.0 Å². The Bertz CT molecular complexity index is 482. The van der Waals surface area contributed by atoms with Crippen LogP contribution in [0.3, 0.4) is 0 Å². The molecule has 1 rings (SSSR count). The zero-order chi connectivity index (χ0) is 12.2. The van der Waals surface area contributed by atoms with E-state index >= 15 is 0 Å². The zero-order valence-electron chi connectivity index (χ0n) is 8.54. The molecule has 0 aliphatic heterocycles. The first-order valence-electron chi connectivity index (χ1n) is 4.48. The van der Waals surface area contributed by atoms with Gasteiger partial charge < -0.3 is 9.29 Å². The third kappa shape index (κ3) is 3.95. The van der Waals surface area contributed by atoms with Gasteiger partial charge in [0.1, 0.15) is 5.69 Å². The first-order valence-corrected chi connectivity index (χ1v) is 6.05. The molecule has 0 unspecified atom stereocenters. The highest BCUT2D eigenvalue weighted by atomic mass is 32.2. The largest absolute Gasteiger partial charge is 0.748 e. The van der Waals surface area contributed by atoms with Gasteiger partial charge in [0.15, 0.2) is 0 Å². The first-order chi connectivity index (χ1) is 7.42. The summed E-state index contributed by atoms with van der Waals surface area (Å²) in [6, 6.07) is 2.59. The Hall–Kier alpha value is -1.47. The van der Waals surface area contributed by atoms with Crippen LogP contribution in [0.5, 0.6) is 0 Å². The number of hydrogen-bond donors (Lipinski definition) is 0.